The highest BCUT2D eigenvalue weighted by Gasteiger charge is 2.50. The van der Waals surface area contributed by atoms with Crippen LogP contribution < -0.4 is 4.90 Å². The van der Waals surface area contributed by atoms with E-state index < -0.39 is 35.9 Å². The molecule has 0 unspecified atom stereocenters. The Morgan fingerprint density at radius 3 is 2.00 bits per heavy atom. The molecule has 1 aliphatic heterocycles. The fourth-order valence-electron chi connectivity index (χ4n) is 3.97. The van der Waals surface area contributed by atoms with Crippen molar-refractivity contribution in [2.24, 2.45) is 5.92 Å². The van der Waals surface area contributed by atoms with E-state index in [1.165, 1.54) is 0 Å². The summed E-state index contributed by atoms with van der Waals surface area (Å²) in [4.78, 5) is 42.2. The number of amides is 4. The molecule has 0 aliphatic carbocycles. The topological polar surface area (TPSA) is 77.9 Å². The summed E-state index contributed by atoms with van der Waals surface area (Å²) >= 11 is 0. The van der Waals surface area contributed by atoms with E-state index in [9.17, 15) is 19.5 Å². The number of aliphatic hydroxyl groups excluding tert-OH is 1. The number of carbonyl (C=O) groups excluding carboxylic acids is 3. The van der Waals surface area contributed by atoms with E-state index in [1.807, 2.05) is 36.4 Å². The summed E-state index contributed by atoms with van der Waals surface area (Å²) in [5, 5.41) is 10.8. The molecule has 6 nitrogen and oxygen atoms in total. The van der Waals surface area contributed by atoms with Crippen LogP contribution in [0, 0.1) is 5.92 Å². The largest absolute Gasteiger partial charge is 0.388 e. The first-order chi connectivity index (χ1) is 15.5. The molecule has 4 rings (SSSR count). The van der Waals surface area contributed by atoms with E-state index in [0.717, 1.165) is 15.4 Å². The van der Waals surface area contributed by atoms with E-state index in [0.29, 0.717) is 11.3 Å². The van der Waals surface area contributed by atoms with E-state index in [1.54, 1.807) is 61.5 Å². The van der Waals surface area contributed by atoms with Crippen molar-refractivity contribution in [3.05, 3.63) is 102 Å². The summed E-state index contributed by atoms with van der Waals surface area (Å²) in [6.07, 6.45) is -0.899. The van der Waals surface area contributed by atoms with Crippen molar-refractivity contribution < 1.29 is 19.5 Å². The lowest BCUT2D eigenvalue weighted by atomic mass is 9.95. The zero-order valence-electron chi connectivity index (χ0n) is 17.7. The SMILES string of the molecule is C[C@H](C(=O)N1C(=O)N(c2ccccc2)C(=O)[C@@H]1Cc1ccccc1)[C@H](O)c1ccccc1. The van der Waals surface area contributed by atoms with Gasteiger partial charge in [-0.25, -0.2) is 9.69 Å². The highest BCUT2D eigenvalue weighted by Crippen LogP contribution is 2.31. The first-order valence-electron chi connectivity index (χ1n) is 10.5. The van der Waals surface area contributed by atoms with Crippen LogP contribution in [0.1, 0.15) is 24.2 Å². The minimum atomic E-state index is -1.10. The molecule has 1 aliphatic rings. The number of anilines is 1. The van der Waals surface area contributed by atoms with Gasteiger partial charge in [0.15, 0.2) is 0 Å². The molecule has 0 bridgehead atoms. The number of benzene rings is 3. The van der Waals surface area contributed by atoms with E-state index in [4.69, 9.17) is 0 Å². The van der Waals surface area contributed by atoms with E-state index in [2.05, 4.69) is 0 Å². The number of hydrogen-bond donors (Lipinski definition) is 1. The van der Waals surface area contributed by atoms with E-state index in [-0.39, 0.29) is 6.42 Å². The van der Waals surface area contributed by atoms with Crippen LogP contribution in [0.25, 0.3) is 0 Å². The van der Waals surface area contributed by atoms with Crippen LogP contribution in [0.2, 0.25) is 0 Å². The number of hydrogen-bond acceptors (Lipinski definition) is 4. The van der Waals surface area contributed by atoms with Gasteiger partial charge in [0.25, 0.3) is 5.91 Å². The van der Waals surface area contributed by atoms with Gasteiger partial charge >= 0.3 is 6.03 Å². The molecule has 1 N–H and O–H groups in total. The summed E-state index contributed by atoms with van der Waals surface area (Å²) in [5.74, 6) is -1.96. The lowest BCUT2D eigenvalue weighted by molar-refractivity contribution is -0.139. The van der Waals surface area contributed by atoms with Crippen LogP contribution in [0.5, 0.6) is 0 Å². The molecule has 3 atom stereocenters. The molecule has 0 spiro atoms. The summed E-state index contributed by atoms with van der Waals surface area (Å²) in [7, 11) is 0. The fraction of sp³-hybridized carbons (Fsp3) is 0.192. The Morgan fingerprint density at radius 2 is 1.41 bits per heavy atom. The molecule has 4 amide bonds. The standard InChI is InChI=1S/C26H24N2O4/c1-18(23(29)20-13-7-3-8-14-20)24(30)28-22(17-19-11-5-2-6-12-19)25(31)27(26(28)32)21-15-9-4-10-16-21/h2-16,18,22-23,29H,17H2,1H3/t18-,22-,23-/m0/s1. The second-order valence-corrected chi connectivity index (χ2v) is 7.85. The zero-order valence-corrected chi connectivity index (χ0v) is 17.7. The zero-order chi connectivity index (χ0) is 22.7. The van der Waals surface area contributed by atoms with Gasteiger partial charge in [-0.05, 0) is 23.3 Å². The molecule has 1 heterocycles. The van der Waals surface area contributed by atoms with Gasteiger partial charge in [-0.2, -0.15) is 0 Å². The third-order valence-corrected chi connectivity index (χ3v) is 5.74. The average Bonchev–Trinajstić information content (AvgIpc) is 3.08. The molecule has 6 heteroatoms. The summed E-state index contributed by atoms with van der Waals surface area (Å²) < 4.78 is 0. The molecule has 162 valence electrons. The first-order valence-corrected chi connectivity index (χ1v) is 10.5. The molecule has 0 aromatic heterocycles. The molecule has 0 radical (unpaired) electrons. The summed E-state index contributed by atoms with van der Waals surface area (Å²) in [6.45, 7) is 1.57. The number of rotatable bonds is 6. The molecule has 3 aromatic carbocycles. The smallest absolute Gasteiger partial charge is 0.338 e. The average molecular weight is 428 g/mol. The summed E-state index contributed by atoms with van der Waals surface area (Å²) in [5.41, 5.74) is 1.82. The van der Waals surface area contributed by atoms with Crippen LogP contribution in [0.4, 0.5) is 10.5 Å². The molecule has 0 saturated carbocycles. The minimum absolute atomic E-state index is 0.203. The van der Waals surface area contributed by atoms with Gasteiger partial charge in [-0.15, -0.1) is 0 Å². The Kier molecular flexibility index (Phi) is 6.14. The normalized spacial score (nSPS) is 18.0. The number of aliphatic hydroxyl groups is 1. The minimum Gasteiger partial charge on any atom is -0.388 e. The Bertz CT molecular complexity index is 1100. The number of imide groups is 2. The number of carbonyl (C=O) groups is 3. The Balaban J connectivity index is 1.68. The van der Waals surface area contributed by atoms with Gasteiger partial charge in [0.2, 0.25) is 5.91 Å². The van der Waals surface area contributed by atoms with Gasteiger partial charge in [0.05, 0.1) is 17.7 Å². The number of para-hydroxylation sites is 1. The molecule has 1 fully saturated rings. The maximum absolute atomic E-state index is 13.5. The highest BCUT2D eigenvalue weighted by atomic mass is 16.3. The van der Waals surface area contributed by atoms with Crippen molar-refractivity contribution in [1.82, 2.24) is 4.90 Å². The molecule has 3 aromatic rings. The maximum Gasteiger partial charge on any atom is 0.338 e. The Labute approximate surface area is 186 Å². The number of urea groups is 1. The van der Waals surface area contributed by atoms with Crippen molar-refractivity contribution >= 4 is 23.5 Å². The Morgan fingerprint density at radius 1 is 0.875 bits per heavy atom. The van der Waals surface area contributed by atoms with Crippen LogP contribution in [0.15, 0.2) is 91.0 Å². The molecular formula is C26H24N2O4. The second kappa shape index (κ2) is 9.16. The fourth-order valence-corrected chi connectivity index (χ4v) is 3.97. The van der Waals surface area contributed by atoms with Gasteiger partial charge in [0, 0.05) is 6.42 Å². The molecule has 1 saturated heterocycles. The number of nitrogens with zero attached hydrogens (tertiary/aromatic N) is 2. The third-order valence-electron chi connectivity index (χ3n) is 5.74. The van der Waals surface area contributed by atoms with Crippen molar-refractivity contribution in [3.63, 3.8) is 0 Å². The van der Waals surface area contributed by atoms with Gasteiger partial charge < -0.3 is 5.11 Å². The highest BCUT2D eigenvalue weighted by molar-refractivity contribution is 6.25. The van der Waals surface area contributed by atoms with Crippen LogP contribution >= 0.6 is 0 Å². The first kappa shape index (κ1) is 21.5. The second-order valence-electron chi connectivity index (χ2n) is 7.85. The third kappa shape index (κ3) is 4.05. The van der Waals surface area contributed by atoms with Crippen LogP contribution in [0.3, 0.4) is 0 Å². The van der Waals surface area contributed by atoms with Crippen molar-refractivity contribution in [3.8, 4) is 0 Å². The lowest BCUT2D eigenvalue weighted by Gasteiger charge is -2.26. The van der Waals surface area contributed by atoms with Crippen LogP contribution in [-0.4, -0.2) is 33.9 Å². The molecular weight excluding hydrogens is 404 g/mol. The monoisotopic (exact) mass is 428 g/mol. The molecule has 32 heavy (non-hydrogen) atoms. The Hall–Kier alpha value is -3.77. The predicted molar refractivity (Wildman–Crippen MR) is 121 cm³/mol. The van der Waals surface area contributed by atoms with Gasteiger partial charge in [0.1, 0.15) is 6.04 Å². The summed E-state index contributed by atoms with van der Waals surface area (Å²) in [6, 6.07) is 25.0. The van der Waals surface area contributed by atoms with Gasteiger partial charge in [-0.3, -0.25) is 14.5 Å². The van der Waals surface area contributed by atoms with Crippen LogP contribution in [-0.2, 0) is 16.0 Å². The van der Waals surface area contributed by atoms with Crippen molar-refractivity contribution in [1.29, 1.82) is 0 Å². The maximum atomic E-state index is 13.5. The quantitative estimate of drug-likeness (QED) is 0.603. The van der Waals surface area contributed by atoms with Gasteiger partial charge in [-0.1, -0.05) is 85.8 Å². The van der Waals surface area contributed by atoms with Crippen molar-refractivity contribution in [2.75, 3.05) is 4.90 Å². The van der Waals surface area contributed by atoms with E-state index >= 15 is 0 Å². The predicted octanol–water partition coefficient (Wildman–Crippen LogP) is 3.96. The lowest BCUT2D eigenvalue weighted by Crippen LogP contribution is -2.45. The van der Waals surface area contributed by atoms with Crippen molar-refractivity contribution in [2.45, 2.75) is 25.5 Å².